The van der Waals surface area contributed by atoms with Gasteiger partial charge in [-0.3, -0.25) is 4.79 Å². The van der Waals surface area contributed by atoms with Crippen molar-refractivity contribution in [2.75, 3.05) is 11.4 Å². The molecule has 0 atom stereocenters. The van der Waals surface area contributed by atoms with Crippen LogP contribution in [-0.4, -0.2) is 12.3 Å². The number of nitrogens with zero attached hydrogens (tertiary/aromatic N) is 2. The number of benzene rings is 2. The fraction of sp³-hybridized carbons (Fsp3) is 0.222. The van der Waals surface area contributed by atoms with Crippen molar-refractivity contribution in [3.05, 3.63) is 63.1 Å². The summed E-state index contributed by atoms with van der Waals surface area (Å²) in [6.07, 6.45) is 0.923. The van der Waals surface area contributed by atoms with Gasteiger partial charge in [0.15, 0.2) is 5.78 Å². The second kappa shape index (κ2) is 5.94. The van der Waals surface area contributed by atoms with E-state index in [9.17, 15) is 10.1 Å². The van der Waals surface area contributed by atoms with E-state index in [4.69, 9.17) is 0 Å². The molecule has 110 valence electrons. The summed E-state index contributed by atoms with van der Waals surface area (Å²) in [5.74, 6) is 0.0193. The van der Waals surface area contributed by atoms with Crippen LogP contribution in [0, 0.1) is 11.3 Å². The van der Waals surface area contributed by atoms with Crippen LogP contribution in [0.25, 0.3) is 0 Å². The number of carbonyl (C=O) groups is 1. The predicted octanol–water partition coefficient (Wildman–Crippen LogP) is 4.09. The van der Waals surface area contributed by atoms with Gasteiger partial charge in [0.2, 0.25) is 0 Å². The molecule has 0 bridgehead atoms. The molecular formula is C18H15BrN2O. The molecule has 0 saturated carbocycles. The standard InChI is InChI=1S/C18H15BrN2O/c1-12(22)13-5-6-14(10-20)18(9-13)21-8-7-16-15(11-21)3-2-4-17(16)19/h2-6,9H,7-8,11H2,1H3. The number of fused-ring (bicyclic) bond motifs is 1. The average molecular weight is 355 g/mol. The molecule has 0 amide bonds. The third kappa shape index (κ3) is 2.65. The third-order valence-corrected chi connectivity index (χ3v) is 4.82. The first-order chi connectivity index (χ1) is 10.6. The molecule has 1 aliphatic rings. The first-order valence-corrected chi connectivity index (χ1v) is 7.95. The Morgan fingerprint density at radius 3 is 2.86 bits per heavy atom. The fourth-order valence-corrected chi connectivity index (χ4v) is 3.48. The average Bonchev–Trinajstić information content (AvgIpc) is 2.54. The molecule has 1 heterocycles. The molecule has 0 unspecified atom stereocenters. The van der Waals surface area contributed by atoms with Crippen molar-refractivity contribution in [1.29, 1.82) is 5.26 Å². The normalized spacial score (nSPS) is 13.4. The molecule has 0 radical (unpaired) electrons. The molecule has 2 aromatic rings. The molecule has 0 aliphatic carbocycles. The fourth-order valence-electron chi connectivity index (χ4n) is 2.88. The lowest BCUT2D eigenvalue weighted by molar-refractivity contribution is 0.101. The van der Waals surface area contributed by atoms with Crippen molar-refractivity contribution in [2.45, 2.75) is 19.9 Å². The molecule has 4 heteroatoms. The Hall–Kier alpha value is -2.12. The number of hydrogen-bond acceptors (Lipinski definition) is 3. The molecule has 0 aromatic heterocycles. The van der Waals surface area contributed by atoms with Gasteiger partial charge >= 0.3 is 0 Å². The number of anilines is 1. The van der Waals surface area contributed by atoms with Gasteiger partial charge in [-0.25, -0.2) is 0 Å². The molecule has 1 aliphatic heterocycles. The van der Waals surface area contributed by atoms with Crippen LogP contribution in [0.4, 0.5) is 5.69 Å². The zero-order valence-corrected chi connectivity index (χ0v) is 13.9. The number of halogens is 1. The Bertz CT molecular complexity index is 792. The maximum atomic E-state index is 11.6. The van der Waals surface area contributed by atoms with Crippen molar-refractivity contribution in [2.24, 2.45) is 0 Å². The first kappa shape index (κ1) is 14.8. The summed E-state index contributed by atoms with van der Waals surface area (Å²) in [4.78, 5) is 13.8. The van der Waals surface area contributed by atoms with Gasteiger partial charge in [0.25, 0.3) is 0 Å². The molecular weight excluding hydrogens is 340 g/mol. The Kier molecular flexibility index (Phi) is 4.00. The zero-order chi connectivity index (χ0) is 15.7. The topological polar surface area (TPSA) is 44.1 Å². The predicted molar refractivity (Wildman–Crippen MR) is 90.1 cm³/mol. The Morgan fingerprint density at radius 1 is 1.32 bits per heavy atom. The van der Waals surface area contributed by atoms with Crippen molar-refractivity contribution < 1.29 is 4.79 Å². The number of nitriles is 1. The molecule has 3 nitrogen and oxygen atoms in total. The quantitative estimate of drug-likeness (QED) is 0.763. The number of Topliss-reactive ketones (excluding diaryl/α,β-unsaturated/α-hetero) is 1. The smallest absolute Gasteiger partial charge is 0.159 e. The van der Waals surface area contributed by atoms with Crippen LogP contribution in [0.2, 0.25) is 0 Å². The van der Waals surface area contributed by atoms with E-state index in [1.165, 1.54) is 11.1 Å². The minimum absolute atomic E-state index is 0.0193. The Morgan fingerprint density at radius 2 is 2.14 bits per heavy atom. The molecule has 0 saturated heterocycles. The van der Waals surface area contributed by atoms with E-state index in [0.29, 0.717) is 11.1 Å². The van der Waals surface area contributed by atoms with Crippen molar-refractivity contribution in [3.63, 3.8) is 0 Å². The molecule has 0 N–H and O–H groups in total. The van der Waals surface area contributed by atoms with E-state index in [-0.39, 0.29) is 5.78 Å². The van der Waals surface area contributed by atoms with Crippen molar-refractivity contribution >= 4 is 27.4 Å². The van der Waals surface area contributed by atoms with Crippen LogP contribution in [-0.2, 0) is 13.0 Å². The van der Waals surface area contributed by atoms with Crippen molar-refractivity contribution in [3.8, 4) is 6.07 Å². The second-order valence-electron chi connectivity index (χ2n) is 5.45. The highest BCUT2D eigenvalue weighted by molar-refractivity contribution is 9.10. The van der Waals surface area contributed by atoms with Gasteiger partial charge in [-0.15, -0.1) is 0 Å². The number of rotatable bonds is 2. The first-order valence-electron chi connectivity index (χ1n) is 7.16. The maximum absolute atomic E-state index is 11.6. The minimum Gasteiger partial charge on any atom is -0.366 e. The highest BCUT2D eigenvalue weighted by atomic mass is 79.9. The van der Waals surface area contributed by atoms with Crippen LogP contribution in [0.3, 0.4) is 0 Å². The molecule has 3 rings (SSSR count). The number of ketones is 1. The van der Waals surface area contributed by atoms with Crippen LogP contribution in [0.1, 0.15) is 34.0 Å². The number of hydrogen-bond donors (Lipinski definition) is 0. The molecule has 0 fully saturated rings. The maximum Gasteiger partial charge on any atom is 0.159 e. The lowest BCUT2D eigenvalue weighted by atomic mass is 9.98. The zero-order valence-electron chi connectivity index (χ0n) is 12.3. The van der Waals surface area contributed by atoms with Crippen LogP contribution in [0.5, 0.6) is 0 Å². The number of carbonyl (C=O) groups excluding carboxylic acids is 1. The van der Waals surface area contributed by atoms with Gasteiger partial charge in [0, 0.05) is 23.1 Å². The summed E-state index contributed by atoms with van der Waals surface area (Å²) < 4.78 is 1.14. The lowest BCUT2D eigenvalue weighted by Gasteiger charge is -2.32. The van der Waals surface area contributed by atoms with Crippen LogP contribution >= 0.6 is 15.9 Å². The SMILES string of the molecule is CC(=O)c1ccc(C#N)c(N2CCc3c(Br)cccc3C2)c1. The molecule has 0 spiro atoms. The summed E-state index contributed by atoms with van der Waals surface area (Å²) in [6, 6.07) is 13.7. The highest BCUT2D eigenvalue weighted by Gasteiger charge is 2.21. The minimum atomic E-state index is 0.0193. The van der Waals surface area contributed by atoms with Gasteiger partial charge < -0.3 is 4.90 Å². The Labute approximate surface area is 138 Å². The van der Waals surface area contributed by atoms with Gasteiger partial charge in [0.05, 0.1) is 11.3 Å². The summed E-state index contributed by atoms with van der Waals surface area (Å²) in [5.41, 5.74) is 4.70. The summed E-state index contributed by atoms with van der Waals surface area (Å²) in [5, 5.41) is 9.35. The van der Waals surface area contributed by atoms with Crippen LogP contribution in [0.15, 0.2) is 40.9 Å². The second-order valence-corrected chi connectivity index (χ2v) is 6.30. The van der Waals surface area contributed by atoms with Gasteiger partial charge in [-0.1, -0.05) is 28.1 Å². The van der Waals surface area contributed by atoms with E-state index in [1.54, 1.807) is 19.1 Å². The third-order valence-electron chi connectivity index (χ3n) is 4.07. The monoisotopic (exact) mass is 354 g/mol. The van der Waals surface area contributed by atoms with Crippen LogP contribution < -0.4 is 4.90 Å². The molecule has 22 heavy (non-hydrogen) atoms. The van der Waals surface area contributed by atoms with E-state index in [1.807, 2.05) is 12.1 Å². The van der Waals surface area contributed by atoms with E-state index >= 15 is 0 Å². The van der Waals surface area contributed by atoms with Gasteiger partial charge in [-0.2, -0.15) is 5.26 Å². The van der Waals surface area contributed by atoms with E-state index < -0.39 is 0 Å². The van der Waals surface area contributed by atoms with E-state index in [2.05, 4.69) is 39.0 Å². The lowest BCUT2D eigenvalue weighted by Crippen LogP contribution is -2.31. The Balaban J connectivity index is 2.01. The molecule has 2 aromatic carbocycles. The summed E-state index contributed by atoms with van der Waals surface area (Å²) in [6.45, 7) is 3.14. The summed E-state index contributed by atoms with van der Waals surface area (Å²) >= 11 is 3.60. The van der Waals surface area contributed by atoms with E-state index in [0.717, 1.165) is 29.7 Å². The summed E-state index contributed by atoms with van der Waals surface area (Å²) in [7, 11) is 0. The van der Waals surface area contributed by atoms with Crippen molar-refractivity contribution in [1.82, 2.24) is 0 Å². The largest absolute Gasteiger partial charge is 0.366 e. The van der Waals surface area contributed by atoms with Gasteiger partial charge in [0.1, 0.15) is 6.07 Å². The van der Waals surface area contributed by atoms with Gasteiger partial charge in [-0.05, 0) is 48.7 Å². The highest BCUT2D eigenvalue weighted by Crippen LogP contribution is 2.31.